The summed E-state index contributed by atoms with van der Waals surface area (Å²) in [5.41, 5.74) is 0. The van der Waals surface area contributed by atoms with Gasteiger partial charge in [-0.1, -0.05) is 25.8 Å². The number of guanidine groups is 1. The summed E-state index contributed by atoms with van der Waals surface area (Å²) in [5.74, 6) is 0.730. The molecule has 0 atom stereocenters. The molecule has 0 spiro atoms. The summed E-state index contributed by atoms with van der Waals surface area (Å²) >= 11 is 1.21. The maximum absolute atomic E-state index is 11.9. The van der Waals surface area contributed by atoms with Gasteiger partial charge in [-0.3, -0.25) is 4.99 Å². The quantitative estimate of drug-likeness (QED) is 0.211. The third-order valence-electron chi connectivity index (χ3n) is 2.85. The zero-order valence-corrected chi connectivity index (χ0v) is 17.6. The Morgan fingerprint density at radius 2 is 2.00 bits per heavy atom. The smallest absolute Gasteiger partial charge is 0.250 e. The lowest BCUT2D eigenvalue weighted by Gasteiger charge is -2.11. The van der Waals surface area contributed by atoms with Gasteiger partial charge in [0.05, 0.1) is 0 Å². The average Bonchev–Trinajstić information content (AvgIpc) is 3.03. The van der Waals surface area contributed by atoms with Gasteiger partial charge in [0.25, 0.3) is 0 Å². The highest BCUT2D eigenvalue weighted by Crippen LogP contribution is 2.14. The van der Waals surface area contributed by atoms with E-state index in [4.69, 9.17) is 0 Å². The molecule has 23 heavy (non-hydrogen) atoms. The van der Waals surface area contributed by atoms with Crippen molar-refractivity contribution in [1.29, 1.82) is 0 Å². The number of nitrogens with zero attached hydrogens (tertiary/aromatic N) is 1. The summed E-state index contributed by atoms with van der Waals surface area (Å²) in [6.45, 7) is 6.53. The number of hydrogen-bond acceptors (Lipinski definition) is 4. The van der Waals surface area contributed by atoms with Crippen LogP contribution in [0.2, 0.25) is 0 Å². The second-order valence-corrected chi connectivity index (χ2v) is 7.67. The van der Waals surface area contributed by atoms with Crippen molar-refractivity contribution in [1.82, 2.24) is 15.4 Å². The predicted molar refractivity (Wildman–Crippen MR) is 108 cm³/mol. The summed E-state index contributed by atoms with van der Waals surface area (Å²) in [6, 6.07) is 3.32. The summed E-state index contributed by atoms with van der Waals surface area (Å²) in [6.07, 6.45) is 3.41. The van der Waals surface area contributed by atoms with Crippen LogP contribution >= 0.6 is 35.3 Å². The van der Waals surface area contributed by atoms with E-state index in [0.717, 1.165) is 25.5 Å². The summed E-state index contributed by atoms with van der Waals surface area (Å²) in [7, 11) is -3.38. The van der Waals surface area contributed by atoms with E-state index in [-0.39, 0.29) is 24.0 Å². The highest BCUT2D eigenvalue weighted by Gasteiger charge is 2.13. The van der Waals surface area contributed by atoms with Crippen LogP contribution in [0.25, 0.3) is 0 Å². The first-order valence-electron chi connectivity index (χ1n) is 7.65. The fourth-order valence-corrected chi connectivity index (χ4v) is 3.82. The SMILES string of the molecule is CCCCCN=C(NCC)NCCNS(=O)(=O)c1cccs1.I. The molecule has 1 heterocycles. The largest absolute Gasteiger partial charge is 0.357 e. The lowest BCUT2D eigenvalue weighted by molar-refractivity contribution is 0.582. The summed E-state index contributed by atoms with van der Waals surface area (Å²) < 4.78 is 26.8. The normalized spacial score (nSPS) is 11.8. The Morgan fingerprint density at radius 1 is 1.22 bits per heavy atom. The molecule has 0 bridgehead atoms. The molecule has 9 heteroatoms. The molecule has 0 aliphatic heterocycles. The molecule has 134 valence electrons. The Morgan fingerprint density at radius 3 is 2.61 bits per heavy atom. The van der Waals surface area contributed by atoms with Crippen molar-refractivity contribution >= 4 is 51.3 Å². The fourth-order valence-electron chi connectivity index (χ4n) is 1.75. The van der Waals surface area contributed by atoms with E-state index in [1.54, 1.807) is 17.5 Å². The highest BCUT2D eigenvalue weighted by atomic mass is 127. The predicted octanol–water partition coefficient (Wildman–Crippen LogP) is 2.39. The topological polar surface area (TPSA) is 82.6 Å². The lowest BCUT2D eigenvalue weighted by Crippen LogP contribution is -2.41. The molecule has 0 unspecified atom stereocenters. The van der Waals surface area contributed by atoms with Gasteiger partial charge < -0.3 is 10.6 Å². The van der Waals surface area contributed by atoms with Crippen LogP contribution in [0.5, 0.6) is 0 Å². The molecule has 3 N–H and O–H groups in total. The minimum absolute atomic E-state index is 0. The van der Waals surface area contributed by atoms with Crippen LogP contribution in [0, 0.1) is 0 Å². The molecular weight excluding hydrogens is 447 g/mol. The molecule has 0 saturated heterocycles. The standard InChI is InChI=1S/C14H26N4O2S2.HI/c1-3-5-6-9-16-14(15-4-2)17-10-11-18-22(19,20)13-8-7-12-21-13;/h7-8,12,18H,3-6,9-11H2,1-2H3,(H2,15,16,17);1H. The van der Waals surface area contributed by atoms with Crippen LogP contribution in [-0.4, -0.2) is 40.6 Å². The van der Waals surface area contributed by atoms with E-state index in [9.17, 15) is 8.42 Å². The Bertz CT molecular complexity index is 533. The van der Waals surface area contributed by atoms with Crippen LogP contribution < -0.4 is 15.4 Å². The van der Waals surface area contributed by atoms with E-state index in [1.165, 1.54) is 24.2 Å². The molecule has 6 nitrogen and oxygen atoms in total. The minimum atomic E-state index is -3.38. The molecule has 0 saturated carbocycles. The summed E-state index contributed by atoms with van der Waals surface area (Å²) in [4.78, 5) is 4.45. The minimum Gasteiger partial charge on any atom is -0.357 e. The molecule has 1 aromatic rings. The van der Waals surface area contributed by atoms with Gasteiger partial charge >= 0.3 is 0 Å². The van der Waals surface area contributed by atoms with Crippen LogP contribution in [0.4, 0.5) is 0 Å². The van der Waals surface area contributed by atoms with E-state index in [2.05, 4.69) is 27.3 Å². The van der Waals surface area contributed by atoms with Crippen molar-refractivity contribution in [2.75, 3.05) is 26.2 Å². The maximum atomic E-state index is 11.9. The molecule has 1 aromatic heterocycles. The third-order valence-corrected chi connectivity index (χ3v) is 5.70. The number of unbranched alkanes of at least 4 members (excludes halogenated alkanes) is 2. The van der Waals surface area contributed by atoms with Gasteiger partial charge in [-0.05, 0) is 24.8 Å². The maximum Gasteiger partial charge on any atom is 0.250 e. The number of hydrogen-bond donors (Lipinski definition) is 3. The van der Waals surface area contributed by atoms with Crippen LogP contribution in [0.15, 0.2) is 26.7 Å². The average molecular weight is 474 g/mol. The van der Waals surface area contributed by atoms with Crippen LogP contribution in [-0.2, 0) is 10.0 Å². The first-order valence-corrected chi connectivity index (χ1v) is 10.0. The fraction of sp³-hybridized carbons (Fsp3) is 0.643. The molecule has 0 radical (unpaired) electrons. The van der Waals surface area contributed by atoms with Gasteiger partial charge in [-0.15, -0.1) is 35.3 Å². The molecule has 0 aromatic carbocycles. The zero-order valence-electron chi connectivity index (χ0n) is 13.7. The monoisotopic (exact) mass is 474 g/mol. The first kappa shape index (κ1) is 22.6. The molecule has 0 aliphatic carbocycles. The van der Waals surface area contributed by atoms with Gasteiger partial charge in [0.15, 0.2) is 5.96 Å². The highest BCUT2D eigenvalue weighted by molar-refractivity contribution is 14.0. The number of nitrogens with one attached hydrogen (secondary N) is 3. The number of thiophene rings is 1. The van der Waals surface area contributed by atoms with Crippen molar-refractivity contribution < 1.29 is 8.42 Å². The van der Waals surface area contributed by atoms with Crippen molar-refractivity contribution in [3.8, 4) is 0 Å². The summed E-state index contributed by atoms with van der Waals surface area (Å²) in [5, 5.41) is 8.03. The van der Waals surface area contributed by atoms with E-state index in [0.29, 0.717) is 17.3 Å². The van der Waals surface area contributed by atoms with Gasteiger partial charge in [-0.2, -0.15) is 0 Å². The van der Waals surface area contributed by atoms with Crippen LogP contribution in [0.1, 0.15) is 33.1 Å². The Kier molecular flexibility index (Phi) is 12.7. The lowest BCUT2D eigenvalue weighted by atomic mass is 10.2. The van der Waals surface area contributed by atoms with Crippen molar-refractivity contribution in [2.45, 2.75) is 37.3 Å². The second-order valence-electron chi connectivity index (χ2n) is 4.72. The van der Waals surface area contributed by atoms with Crippen molar-refractivity contribution in [3.63, 3.8) is 0 Å². The van der Waals surface area contributed by atoms with Crippen LogP contribution in [0.3, 0.4) is 0 Å². The van der Waals surface area contributed by atoms with Gasteiger partial charge in [0.2, 0.25) is 10.0 Å². The number of halogens is 1. The number of sulfonamides is 1. The second kappa shape index (κ2) is 13.0. The van der Waals surface area contributed by atoms with Crippen molar-refractivity contribution in [3.05, 3.63) is 17.5 Å². The van der Waals surface area contributed by atoms with E-state index in [1.807, 2.05) is 6.92 Å². The van der Waals surface area contributed by atoms with Gasteiger partial charge in [0, 0.05) is 26.2 Å². The van der Waals surface area contributed by atoms with E-state index < -0.39 is 10.0 Å². The Hall–Kier alpha value is -0.390. The Labute approximate surface area is 160 Å². The molecule has 0 aliphatic rings. The molecular formula is C14H27IN4O2S2. The zero-order chi connectivity index (χ0) is 16.3. The van der Waals surface area contributed by atoms with Gasteiger partial charge in [-0.25, -0.2) is 13.1 Å². The molecule has 1 rings (SSSR count). The third kappa shape index (κ3) is 9.48. The number of aliphatic imine (C=N–C) groups is 1. The molecule has 0 fully saturated rings. The first-order chi connectivity index (χ1) is 10.6. The van der Waals surface area contributed by atoms with Crippen molar-refractivity contribution in [2.24, 2.45) is 4.99 Å². The van der Waals surface area contributed by atoms with E-state index >= 15 is 0 Å². The number of rotatable bonds is 10. The Balaban J connectivity index is 0.00000484. The molecule has 0 amide bonds. The van der Waals surface area contributed by atoms with Gasteiger partial charge in [0.1, 0.15) is 4.21 Å².